The normalized spacial score (nSPS) is 12.2. The highest BCUT2D eigenvalue weighted by atomic mass is 16.5. The minimum atomic E-state index is -1.15. The van der Waals surface area contributed by atoms with Crippen LogP contribution in [0.2, 0.25) is 0 Å². The summed E-state index contributed by atoms with van der Waals surface area (Å²) < 4.78 is 5.48. The SMILES string of the molecule is O=C(NCCC=Cc1cc(C(=O)O)ccc1C(=O)O)OCC1c2ccccc2-c2ccccc21. The number of carboxylic acid groups (broad SMARTS) is 2. The molecule has 1 amide bonds. The molecule has 0 aliphatic heterocycles. The summed E-state index contributed by atoms with van der Waals surface area (Å²) in [4.78, 5) is 34.7. The highest BCUT2D eigenvalue weighted by Gasteiger charge is 2.28. The lowest BCUT2D eigenvalue weighted by atomic mass is 9.98. The monoisotopic (exact) mass is 457 g/mol. The van der Waals surface area contributed by atoms with E-state index < -0.39 is 18.0 Å². The second kappa shape index (κ2) is 10.0. The first kappa shape index (κ1) is 22.8. The van der Waals surface area contributed by atoms with Gasteiger partial charge in [-0.15, -0.1) is 0 Å². The summed E-state index contributed by atoms with van der Waals surface area (Å²) in [6.07, 6.45) is 3.10. The lowest BCUT2D eigenvalue weighted by Gasteiger charge is -2.14. The van der Waals surface area contributed by atoms with Crippen molar-refractivity contribution in [2.75, 3.05) is 13.2 Å². The standard InChI is InChI=1S/C27H23NO6/c29-25(30)18-12-13-19(26(31)32)17(15-18)7-5-6-14-28-27(33)34-16-24-22-10-3-1-8-20(22)21-9-2-4-11-23(21)24/h1-5,7-13,15,24H,6,14,16H2,(H,28,33)(H,29,30)(H,31,32). The first-order chi connectivity index (χ1) is 16.5. The molecule has 0 spiro atoms. The number of carboxylic acids is 2. The first-order valence-corrected chi connectivity index (χ1v) is 10.8. The highest BCUT2D eigenvalue weighted by molar-refractivity contribution is 5.95. The molecule has 3 aromatic rings. The number of amides is 1. The Morgan fingerprint density at radius 1 is 0.882 bits per heavy atom. The van der Waals surface area contributed by atoms with E-state index in [9.17, 15) is 19.5 Å². The van der Waals surface area contributed by atoms with E-state index in [1.807, 2.05) is 24.3 Å². The predicted molar refractivity (Wildman–Crippen MR) is 127 cm³/mol. The fraction of sp³-hybridized carbons (Fsp3) is 0.148. The molecule has 1 aliphatic carbocycles. The maximum atomic E-state index is 12.2. The van der Waals surface area contributed by atoms with E-state index in [-0.39, 0.29) is 35.8 Å². The minimum Gasteiger partial charge on any atom is -0.478 e. The van der Waals surface area contributed by atoms with Gasteiger partial charge in [0, 0.05) is 12.5 Å². The number of fused-ring (bicyclic) bond motifs is 3. The van der Waals surface area contributed by atoms with Crippen LogP contribution in [-0.2, 0) is 4.74 Å². The number of hydrogen-bond donors (Lipinski definition) is 3. The zero-order valence-corrected chi connectivity index (χ0v) is 18.2. The van der Waals surface area contributed by atoms with Gasteiger partial charge in [0.15, 0.2) is 0 Å². The Kier molecular flexibility index (Phi) is 6.73. The number of benzene rings is 3. The van der Waals surface area contributed by atoms with Crippen molar-refractivity contribution in [3.63, 3.8) is 0 Å². The molecule has 7 nitrogen and oxygen atoms in total. The summed E-state index contributed by atoms with van der Waals surface area (Å²) in [7, 11) is 0. The molecule has 0 saturated heterocycles. The van der Waals surface area contributed by atoms with Crippen LogP contribution in [-0.4, -0.2) is 41.4 Å². The van der Waals surface area contributed by atoms with Crippen molar-refractivity contribution < 1.29 is 29.3 Å². The maximum absolute atomic E-state index is 12.2. The maximum Gasteiger partial charge on any atom is 0.407 e. The van der Waals surface area contributed by atoms with Crippen LogP contribution < -0.4 is 5.32 Å². The lowest BCUT2D eigenvalue weighted by Crippen LogP contribution is -2.26. The average molecular weight is 457 g/mol. The molecule has 0 atom stereocenters. The predicted octanol–water partition coefficient (Wildman–Crippen LogP) is 5.03. The minimum absolute atomic E-state index is 0.00131. The molecule has 0 fully saturated rings. The Bertz CT molecular complexity index is 1230. The molecular weight excluding hydrogens is 434 g/mol. The quantitative estimate of drug-likeness (QED) is 0.409. The smallest absolute Gasteiger partial charge is 0.407 e. The van der Waals surface area contributed by atoms with Gasteiger partial charge < -0.3 is 20.3 Å². The molecule has 0 radical (unpaired) electrons. The molecule has 4 rings (SSSR count). The van der Waals surface area contributed by atoms with Crippen LogP contribution >= 0.6 is 0 Å². The highest BCUT2D eigenvalue weighted by Crippen LogP contribution is 2.44. The molecule has 0 unspecified atom stereocenters. The Hall–Kier alpha value is -4.39. The molecule has 3 aromatic carbocycles. The molecule has 34 heavy (non-hydrogen) atoms. The van der Waals surface area contributed by atoms with Crippen molar-refractivity contribution in [3.8, 4) is 11.1 Å². The third-order valence-electron chi connectivity index (χ3n) is 5.75. The third kappa shape index (κ3) is 4.83. The molecule has 0 saturated carbocycles. The number of rotatable bonds is 8. The second-order valence-electron chi connectivity index (χ2n) is 7.86. The third-order valence-corrected chi connectivity index (χ3v) is 5.75. The van der Waals surface area contributed by atoms with Gasteiger partial charge in [0.1, 0.15) is 6.61 Å². The van der Waals surface area contributed by atoms with E-state index >= 15 is 0 Å². The van der Waals surface area contributed by atoms with E-state index in [1.54, 1.807) is 6.08 Å². The van der Waals surface area contributed by atoms with Crippen molar-refractivity contribution in [1.82, 2.24) is 5.32 Å². The van der Waals surface area contributed by atoms with Crippen LogP contribution in [0.4, 0.5) is 4.79 Å². The number of carbonyl (C=O) groups is 3. The molecule has 172 valence electrons. The van der Waals surface area contributed by atoms with Gasteiger partial charge in [-0.3, -0.25) is 0 Å². The lowest BCUT2D eigenvalue weighted by molar-refractivity contribution is 0.0681. The van der Waals surface area contributed by atoms with Crippen LogP contribution in [0.15, 0.2) is 72.8 Å². The summed E-state index contributed by atoms with van der Waals surface area (Å²) in [5.41, 5.74) is 4.88. The van der Waals surface area contributed by atoms with E-state index in [1.165, 1.54) is 24.3 Å². The van der Waals surface area contributed by atoms with E-state index in [0.29, 0.717) is 6.42 Å². The van der Waals surface area contributed by atoms with Gasteiger partial charge in [0.05, 0.1) is 11.1 Å². The van der Waals surface area contributed by atoms with Gasteiger partial charge in [0.2, 0.25) is 0 Å². The van der Waals surface area contributed by atoms with Gasteiger partial charge in [-0.1, -0.05) is 60.7 Å². The topological polar surface area (TPSA) is 113 Å². The Labute approximate surface area is 196 Å². The van der Waals surface area contributed by atoms with E-state index in [4.69, 9.17) is 9.84 Å². The second-order valence-corrected chi connectivity index (χ2v) is 7.86. The van der Waals surface area contributed by atoms with E-state index in [0.717, 1.165) is 22.3 Å². The molecule has 1 aliphatic rings. The largest absolute Gasteiger partial charge is 0.478 e. The van der Waals surface area contributed by atoms with Crippen molar-refractivity contribution in [2.24, 2.45) is 0 Å². The number of ether oxygens (including phenoxy) is 1. The molecule has 7 heteroatoms. The zero-order valence-electron chi connectivity index (χ0n) is 18.2. The van der Waals surface area contributed by atoms with Gasteiger partial charge in [-0.05, 0) is 52.4 Å². The fourth-order valence-corrected chi connectivity index (χ4v) is 4.15. The summed E-state index contributed by atoms with van der Waals surface area (Å²) >= 11 is 0. The Morgan fingerprint density at radius 3 is 2.15 bits per heavy atom. The van der Waals surface area contributed by atoms with Crippen molar-refractivity contribution in [1.29, 1.82) is 0 Å². The van der Waals surface area contributed by atoms with Crippen LogP contribution in [0, 0.1) is 0 Å². The molecular formula is C27H23NO6. The van der Waals surface area contributed by atoms with Crippen LogP contribution in [0.1, 0.15) is 49.7 Å². The van der Waals surface area contributed by atoms with Gasteiger partial charge in [-0.2, -0.15) is 0 Å². The van der Waals surface area contributed by atoms with Gasteiger partial charge in [0.25, 0.3) is 0 Å². The summed E-state index contributed by atoms with van der Waals surface area (Å²) in [6, 6.07) is 20.0. The Morgan fingerprint density at radius 2 is 1.53 bits per heavy atom. The van der Waals surface area contributed by atoms with Gasteiger partial charge >= 0.3 is 18.0 Å². The van der Waals surface area contributed by atoms with Crippen molar-refractivity contribution >= 4 is 24.1 Å². The molecule has 3 N–H and O–H groups in total. The van der Waals surface area contributed by atoms with Crippen molar-refractivity contribution in [2.45, 2.75) is 12.3 Å². The molecule has 0 bridgehead atoms. The summed E-state index contributed by atoms with van der Waals surface area (Å²) in [5.74, 6) is -2.30. The Balaban J connectivity index is 1.31. The van der Waals surface area contributed by atoms with E-state index in [2.05, 4.69) is 29.6 Å². The van der Waals surface area contributed by atoms with Crippen LogP contribution in [0.3, 0.4) is 0 Å². The molecule has 0 heterocycles. The van der Waals surface area contributed by atoms with Crippen LogP contribution in [0.25, 0.3) is 17.2 Å². The number of alkyl carbamates (subject to hydrolysis) is 1. The van der Waals surface area contributed by atoms with Crippen molar-refractivity contribution in [3.05, 3.63) is 101 Å². The number of hydrogen-bond acceptors (Lipinski definition) is 4. The summed E-state index contributed by atoms with van der Waals surface area (Å²) in [6.45, 7) is 0.508. The zero-order chi connectivity index (χ0) is 24.1. The fourth-order valence-electron chi connectivity index (χ4n) is 4.15. The van der Waals surface area contributed by atoms with Crippen LogP contribution in [0.5, 0.6) is 0 Å². The van der Waals surface area contributed by atoms with Gasteiger partial charge in [-0.25, -0.2) is 14.4 Å². The summed E-state index contributed by atoms with van der Waals surface area (Å²) in [5, 5.41) is 21.1. The number of aromatic carboxylic acids is 2. The number of carbonyl (C=O) groups excluding carboxylic acids is 1. The average Bonchev–Trinajstić information content (AvgIpc) is 3.16. The molecule has 0 aromatic heterocycles. The first-order valence-electron chi connectivity index (χ1n) is 10.8. The number of nitrogens with one attached hydrogen (secondary N) is 1.